The highest BCUT2D eigenvalue weighted by Gasteiger charge is 2.28. The van der Waals surface area contributed by atoms with Gasteiger partial charge in [-0.2, -0.15) is 0 Å². The summed E-state index contributed by atoms with van der Waals surface area (Å²) in [7, 11) is 1.65. The number of nitrogens with one attached hydrogen (secondary N) is 1. The molecule has 1 N–H and O–H groups in total. The SMILES string of the molecule is CC.CC(C)C.CCC.CCc1ccc2c(c1)c(C1=CC=C(C)NC1OC)c(C(C)=O)n2Cc1ccccc1F. The van der Waals surface area contributed by atoms with Crippen molar-refractivity contribution in [2.24, 2.45) is 5.92 Å². The third kappa shape index (κ3) is 9.19. The van der Waals surface area contributed by atoms with Gasteiger partial charge in [-0.05, 0) is 49.1 Å². The number of benzene rings is 2. The smallest absolute Gasteiger partial charge is 0.176 e. The molecule has 2 heterocycles. The van der Waals surface area contributed by atoms with E-state index in [1.807, 2.05) is 49.6 Å². The molecular formula is C35H51FN2O2. The summed E-state index contributed by atoms with van der Waals surface area (Å²) in [6.07, 6.45) is 5.75. The van der Waals surface area contributed by atoms with Crippen LogP contribution in [0.1, 0.15) is 103 Å². The Kier molecular flexibility index (Phi) is 15.2. The number of aromatic nitrogens is 1. The molecule has 5 heteroatoms. The third-order valence-electron chi connectivity index (χ3n) is 5.83. The number of carbonyl (C=O) groups excluding carboxylic acids is 1. The second-order valence-electron chi connectivity index (χ2n) is 10.3. The van der Waals surface area contributed by atoms with Crippen LogP contribution in [0.25, 0.3) is 16.5 Å². The van der Waals surface area contributed by atoms with Crippen molar-refractivity contribution in [1.29, 1.82) is 0 Å². The standard InChI is InChI=1S/C26H27FN2O2.C4H10.C3H8.C2H6/c1-5-18-11-13-23-21(14-18)24(20-12-10-16(2)28-26(20)31-4)25(17(3)30)29(23)15-19-8-6-7-9-22(19)27;1-4(2)3;1-3-2;1-2/h6-14,26,28H,5,15H2,1-4H3;4H,1-3H3;3H2,1-2H3;1-2H3. The number of rotatable bonds is 6. The van der Waals surface area contributed by atoms with Gasteiger partial charge >= 0.3 is 0 Å². The lowest BCUT2D eigenvalue weighted by molar-refractivity contribution is 0.100. The first-order chi connectivity index (χ1) is 19.1. The molecule has 0 radical (unpaired) electrons. The quantitative estimate of drug-likeness (QED) is 0.311. The predicted molar refractivity (Wildman–Crippen MR) is 170 cm³/mol. The van der Waals surface area contributed by atoms with E-state index in [2.05, 4.69) is 59.0 Å². The monoisotopic (exact) mass is 550 g/mol. The van der Waals surface area contributed by atoms with E-state index in [0.29, 0.717) is 11.3 Å². The molecule has 1 aromatic heterocycles. The van der Waals surface area contributed by atoms with Crippen LogP contribution in [0.4, 0.5) is 4.39 Å². The lowest BCUT2D eigenvalue weighted by atomic mass is 9.95. The molecule has 0 fully saturated rings. The Morgan fingerprint density at radius 2 is 1.65 bits per heavy atom. The van der Waals surface area contributed by atoms with E-state index in [1.165, 1.54) is 18.1 Å². The van der Waals surface area contributed by atoms with Crippen molar-refractivity contribution in [2.45, 2.75) is 94.9 Å². The van der Waals surface area contributed by atoms with E-state index in [-0.39, 0.29) is 24.4 Å². The van der Waals surface area contributed by atoms with Gasteiger partial charge in [0, 0.05) is 47.3 Å². The molecule has 1 aliphatic heterocycles. The van der Waals surface area contributed by atoms with Crippen molar-refractivity contribution in [2.75, 3.05) is 7.11 Å². The Hall–Kier alpha value is -3.18. The molecule has 0 saturated heterocycles. The average molecular weight is 551 g/mol. The predicted octanol–water partition coefficient (Wildman–Crippen LogP) is 9.56. The van der Waals surface area contributed by atoms with E-state index < -0.39 is 0 Å². The van der Waals surface area contributed by atoms with Crippen LogP contribution in [-0.2, 0) is 17.7 Å². The van der Waals surface area contributed by atoms with Gasteiger partial charge in [0.2, 0.25) is 0 Å². The molecule has 1 aliphatic rings. The van der Waals surface area contributed by atoms with Crippen molar-refractivity contribution in [3.05, 3.63) is 88.5 Å². The number of allylic oxidation sites excluding steroid dienone is 3. The van der Waals surface area contributed by atoms with E-state index in [9.17, 15) is 9.18 Å². The molecule has 3 aromatic rings. The molecule has 1 atom stereocenters. The number of fused-ring (bicyclic) bond motifs is 1. The first-order valence-corrected chi connectivity index (χ1v) is 14.7. The second-order valence-corrected chi connectivity index (χ2v) is 10.3. The van der Waals surface area contributed by atoms with Gasteiger partial charge in [0.15, 0.2) is 12.0 Å². The molecule has 2 aromatic carbocycles. The van der Waals surface area contributed by atoms with Crippen LogP contribution in [0.2, 0.25) is 0 Å². The number of halogens is 1. The van der Waals surface area contributed by atoms with Gasteiger partial charge in [-0.1, -0.05) is 92.2 Å². The number of Topliss-reactive ketones (excluding diaryl/α,β-unsaturated/α-hetero) is 1. The summed E-state index contributed by atoms with van der Waals surface area (Å²) in [5, 5.41) is 4.31. The fraction of sp³-hybridized carbons (Fsp3) is 0.457. The van der Waals surface area contributed by atoms with Crippen molar-refractivity contribution >= 4 is 22.3 Å². The van der Waals surface area contributed by atoms with E-state index in [4.69, 9.17) is 4.74 Å². The molecule has 0 bridgehead atoms. The number of carbonyl (C=O) groups is 1. The summed E-state index contributed by atoms with van der Waals surface area (Å²) in [6, 6.07) is 12.9. The van der Waals surface area contributed by atoms with Crippen LogP contribution in [0.5, 0.6) is 0 Å². The summed E-state index contributed by atoms with van der Waals surface area (Å²) in [4.78, 5) is 13.0. The minimum absolute atomic E-state index is 0.0670. The summed E-state index contributed by atoms with van der Waals surface area (Å²) in [5.41, 5.74) is 5.92. The minimum Gasteiger partial charge on any atom is -0.360 e. The van der Waals surface area contributed by atoms with Crippen LogP contribution in [0.15, 0.2) is 60.3 Å². The summed E-state index contributed by atoms with van der Waals surface area (Å²) in [6.45, 7) is 20.7. The van der Waals surface area contributed by atoms with E-state index in [0.717, 1.165) is 40.1 Å². The van der Waals surface area contributed by atoms with Crippen molar-refractivity contribution in [3.8, 4) is 0 Å². The molecule has 1 unspecified atom stereocenters. The van der Waals surface area contributed by atoms with Gasteiger partial charge < -0.3 is 14.6 Å². The third-order valence-corrected chi connectivity index (χ3v) is 5.83. The Labute approximate surface area is 242 Å². The normalized spacial score (nSPS) is 14.0. The van der Waals surface area contributed by atoms with Gasteiger partial charge in [0.25, 0.3) is 0 Å². The van der Waals surface area contributed by atoms with Crippen LogP contribution in [-0.4, -0.2) is 23.7 Å². The van der Waals surface area contributed by atoms with Crippen LogP contribution >= 0.6 is 0 Å². The number of methoxy groups -OCH3 is 1. The lowest BCUT2D eigenvalue weighted by Gasteiger charge is -2.25. The largest absolute Gasteiger partial charge is 0.360 e. The van der Waals surface area contributed by atoms with Gasteiger partial charge in [-0.25, -0.2) is 4.39 Å². The van der Waals surface area contributed by atoms with Crippen LogP contribution < -0.4 is 5.32 Å². The number of ketones is 1. The van der Waals surface area contributed by atoms with Crippen molar-refractivity contribution in [1.82, 2.24) is 9.88 Å². The molecule has 40 heavy (non-hydrogen) atoms. The Balaban J connectivity index is 0.000000788. The van der Waals surface area contributed by atoms with Gasteiger partial charge in [-0.3, -0.25) is 4.79 Å². The molecule has 220 valence electrons. The molecule has 0 spiro atoms. The van der Waals surface area contributed by atoms with E-state index >= 15 is 0 Å². The van der Waals surface area contributed by atoms with Gasteiger partial charge in [0.05, 0.1) is 12.2 Å². The van der Waals surface area contributed by atoms with Gasteiger partial charge in [-0.15, -0.1) is 0 Å². The minimum atomic E-state index is -0.374. The molecular weight excluding hydrogens is 499 g/mol. The number of hydrogen-bond acceptors (Lipinski definition) is 3. The fourth-order valence-corrected chi connectivity index (χ4v) is 4.28. The molecule has 4 rings (SSSR count). The first-order valence-electron chi connectivity index (χ1n) is 14.7. The Morgan fingerprint density at radius 3 is 2.17 bits per heavy atom. The summed E-state index contributed by atoms with van der Waals surface area (Å²) >= 11 is 0. The second kappa shape index (κ2) is 17.5. The highest BCUT2D eigenvalue weighted by atomic mass is 19.1. The molecule has 0 saturated carbocycles. The average Bonchev–Trinajstić information content (AvgIpc) is 3.24. The number of hydrogen-bond donors (Lipinski definition) is 1. The maximum atomic E-state index is 14.5. The van der Waals surface area contributed by atoms with E-state index in [1.54, 1.807) is 26.2 Å². The highest BCUT2D eigenvalue weighted by Crippen LogP contribution is 2.37. The Bertz CT molecular complexity index is 1280. The number of aryl methyl sites for hydroxylation is 1. The number of dihydropyridines is 1. The first kappa shape index (κ1) is 34.8. The zero-order chi connectivity index (χ0) is 30.4. The number of nitrogens with zero attached hydrogens (tertiary/aromatic N) is 1. The zero-order valence-electron chi connectivity index (χ0n) is 26.6. The molecule has 0 aliphatic carbocycles. The topological polar surface area (TPSA) is 43.3 Å². The molecule has 0 amide bonds. The Morgan fingerprint density at radius 1 is 1.05 bits per heavy atom. The lowest BCUT2D eigenvalue weighted by Crippen LogP contribution is -2.33. The van der Waals surface area contributed by atoms with Crippen molar-refractivity contribution < 1.29 is 13.9 Å². The fourth-order valence-electron chi connectivity index (χ4n) is 4.28. The van der Waals surface area contributed by atoms with Gasteiger partial charge in [0.1, 0.15) is 5.82 Å². The summed E-state index contributed by atoms with van der Waals surface area (Å²) < 4.78 is 22.1. The number of ether oxygens (including phenoxy) is 1. The van der Waals surface area contributed by atoms with Crippen molar-refractivity contribution in [3.63, 3.8) is 0 Å². The maximum Gasteiger partial charge on any atom is 0.176 e. The summed E-state index contributed by atoms with van der Waals surface area (Å²) in [5.74, 6) is 0.486. The van der Waals surface area contributed by atoms with Crippen LogP contribution in [0, 0.1) is 11.7 Å². The molecule has 4 nitrogen and oxygen atoms in total. The highest BCUT2D eigenvalue weighted by molar-refractivity contribution is 6.08. The zero-order valence-corrected chi connectivity index (χ0v) is 26.6. The maximum absolute atomic E-state index is 14.5. The van der Waals surface area contributed by atoms with Crippen LogP contribution in [0.3, 0.4) is 0 Å².